The molecule has 0 fully saturated rings. The van der Waals surface area contributed by atoms with Crippen molar-refractivity contribution in [1.82, 2.24) is 0 Å². The summed E-state index contributed by atoms with van der Waals surface area (Å²) in [4.78, 5) is 11.8. The van der Waals surface area contributed by atoms with E-state index in [0.29, 0.717) is 10.7 Å². The van der Waals surface area contributed by atoms with Crippen LogP contribution in [0, 0.1) is 12.3 Å². The van der Waals surface area contributed by atoms with Gasteiger partial charge in [-0.1, -0.05) is 29.7 Å². The van der Waals surface area contributed by atoms with Crippen molar-refractivity contribution in [3.8, 4) is 12.3 Å². The van der Waals surface area contributed by atoms with Crippen LogP contribution in [-0.4, -0.2) is 17.7 Å². The van der Waals surface area contributed by atoms with Crippen molar-refractivity contribution in [2.45, 2.75) is 0 Å². The zero-order chi connectivity index (χ0) is 10.6. The highest BCUT2D eigenvalue weighted by molar-refractivity contribution is 6.33. The van der Waals surface area contributed by atoms with Crippen LogP contribution in [-0.2, 0) is 0 Å². The molecule has 1 rings (SSSR count). The minimum Gasteiger partial charge on any atom is -0.465 e. The van der Waals surface area contributed by atoms with Crippen molar-refractivity contribution < 1.29 is 9.90 Å². The van der Waals surface area contributed by atoms with E-state index in [1.165, 1.54) is 0 Å². The third-order valence-corrected chi connectivity index (χ3v) is 1.94. The van der Waals surface area contributed by atoms with Crippen LogP contribution in [0.3, 0.4) is 0 Å². The first-order valence-corrected chi connectivity index (χ1v) is 4.23. The number of carbonyl (C=O) groups is 1. The molecule has 0 aliphatic heterocycles. The molecule has 72 valence electrons. The summed E-state index contributed by atoms with van der Waals surface area (Å²) in [7, 11) is 0. The molecule has 1 amide bonds. The fourth-order valence-electron chi connectivity index (χ4n) is 1.02. The van der Waals surface area contributed by atoms with Crippen molar-refractivity contribution in [3.63, 3.8) is 0 Å². The molecule has 1 aromatic rings. The molecule has 0 radical (unpaired) electrons. The van der Waals surface area contributed by atoms with Crippen LogP contribution in [0.4, 0.5) is 10.5 Å². The summed E-state index contributed by atoms with van der Waals surface area (Å²) in [5, 5.41) is 9.22. The lowest BCUT2D eigenvalue weighted by Crippen LogP contribution is -2.29. The van der Waals surface area contributed by atoms with Crippen molar-refractivity contribution >= 4 is 23.4 Å². The maximum absolute atomic E-state index is 10.8. The van der Waals surface area contributed by atoms with Gasteiger partial charge in [-0.05, 0) is 12.1 Å². The van der Waals surface area contributed by atoms with E-state index in [0.717, 1.165) is 4.90 Å². The summed E-state index contributed by atoms with van der Waals surface area (Å²) in [5.74, 6) is 2.26. The number of rotatable bonds is 2. The zero-order valence-corrected chi connectivity index (χ0v) is 8.03. The van der Waals surface area contributed by atoms with Gasteiger partial charge in [-0.15, -0.1) is 6.42 Å². The third kappa shape index (κ3) is 2.18. The number of halogens is 1. The molecule has 0 aliphatic carbocycles. The highest BCUT2D eigenvalue weighted by Crippen LogP contribution is 2.24. The van der Waals surface area contributed by atoms with Gasteiger partial charge < -0.3 is 5.11 Å². The van der Waals surface area contributed by atoms with Gasteiger partial charge in [0.25, 0.3) is 0 Å². The summed E-state index contributed by atoms with van der Waals surface area (Å²) >= 11 is 5.83. The molecular formula is C10H8ClNO2. The standard InChI is InChI=1S/C10H8ClNO2/c1-2-7-12(10(13)14)9-6-4-3-5-8(9)11/h1,3-6H,7H2,(H,13,14). The average Bonchev–Trinajstić information content (AvgIpc) is 2.15. The Morgan fingerprint density at radius 1 is 1.57 bits per heavy atom. The second kappa shape index (κ2) is 4.54. The molecule has 0 saturated carbocycles. The van der Waals surface area contributed by atoms with Crippen LogP contribution in [0.15, 0.2) is 24.3 Å². The van der Waals surface area contributed by atoms with E-state index in [2.05, 4.69) is 5.92 Å². The maximum Gasteiger partial charge on any atom is 0.412 e. The molecular weight excluding hydrogens is 202 g/mol. The lowest BCUT2D eigenvalue weighted by molar-refractivity contribution is 0.202. The van der Waals surface area contributed by atoms with Gasteiger partial charge in [0.15, 0.2) is 0 Å². The molecule has 1 aromatic carbocycles. The molecule has 0 unspecified atom stereocenters. The van der Waals surface area contributed by atoms with Gasteiger partial charge in [-0.3, -0.25) is 4.90 Å². The highest BCUT2D eigenvalue weighted by atomic mass is 35.5. The molecule has 0 heterocycles. The van der Waals surface area contributed by atoms with Gasteiger partial charge in [-0.2, -0.15) is 0 Å². The van der Waals surface area contributed by atoms with Crippen LogP contribution in [0.25, 0.3) is 0 Å². The zero-order valence-electron chi connectivity index (χ0n) is 7.27. The van der Waals surface area contributed by atoms with Crippen LogP contribution in [0.2, 0.25) is 5.02 Å². The van der Waals surface area contributed by atoms with E-state index in [-0.39, 0.29) is 6.54 Å². The van der Waals surface area contributed by atoms with Crippen molar-refractivity contribution in [3.05, 3.63) is 29.3 Å². The molecule has 0 aliphatic rings. The van der Waals surface area contributed by atoms with Crippen LogP contribution >= 0.6 is 11.6 Å². The van der Waals surface area contributed by atoms with Gasteiger partial charge in [0.2, 0.25) is 0 Å². The Bertz CT molecular complexity index is 384. The summed E-state index contributed by atoms with van der Waals surface area (Å²) in [6, 6.07) is 6.65. The Morgan fingerprint density at radius 3 is 2.71 bits per heavy atom. The number of benzene rings is 1. The predicted octanol–water partition coefficient (Wildman–Crippen LogP) is 2.46. The molecule has 14 heavy (non-hydrogen) atoms. The predicted molar refractivity (Wildman–Crippen MR) is 55.7 cm³/mol. The summed E-state index contributed by atoms with van der Waals surface area (Å²) in [6.07, 6.45) is 3.94. The topological polar surface area (TPSA) is 40.5 Å². The number of carboxylic acid groups (broad SMARTS) is 1. The van der Waals surface area contributed by atoms with Crippen LogP contribution in [0.5, 0.6) is 0 Å². The normalized spacial score (nSPS) is 9.14. The van der Waals surface area contributed by atoms with E-state index in [1.54, 1.807) is 24.3 Å². The number of hydrogen-bond acceptors (Lipinski definition) is 1. The van der Waals surface area contributed by atoms with Gasteiger partial charge in [0.1, 0.15) is 0 Å². The monoisotopic (exact) mass is 209 g/mol. The number of hydrogen-bond donors (Lipinski definition) is 1. The van der Waals surface area contributed by atoms with Gasteiger partial charge in [0.05, 0.1) is 17.3 Å². The fourth-order valence-corrected chi connectivity index (χ4v) is 1.26. The fraction of sp³-hybridized carbons (Fsp3) is 0.100. The number of anilines is 1. The molecule has 0 saturated heterocycles. The number of terminal acetylenes is 1. The summed E-state index contributed by atoms with van der Waals surface area (Å²) in [6.45, 7) is -0.0148. The maximum atomic E-state index is 10.8. The number of para-hydroxylation sites is 1. The second-order valence-corrected chi connectivity index (χ2v) is 2.93. The average molecular weight is 210 g/mol. The van der Waals surface area contributed by atoms with Gasteiger partial charge >= 0.3 is 6.09 Å². The molecule has 1 N–H and O–H groups in total. The molecule has 3 nitrogen and oxygen atoms in total. The minimum atomic E-state index is -1.11. The minimum absolute atomic E-state index is 0.0148. The number of nitrogens with zero attached hydrogens (tertiary/aromatic N) is 1. The Morgan fingerprint density at radius 2 is 2.21 bits per heavy atom. The first-order valence-electron chi connectivity index (χ1n) is 3.85. The van der Waals surface area contributed by atoms with E-state index >= 15 is 0 Å². The van der Waals surface area contributed by atoms with Gasteiger partial charge in [-0.25, -0.2) is 4.79 Å². The largest absolute Gasteiger partial charge is 0.465 e. The summed E-state index contributed by atoms with van der Waals surface area (Å²) in [5.41, 5.74) is 0.402. The SMILES string of the molecule is C#CCN(C(=O)O)c1ccccc1Cl. The first-order chi connectivity index (χ1) is 6.66. The lowest BCUT2D eigenvalue weighted by atomic mass is 10.3. The second-order valence-electron chi connectivity index (χ2n) is 2.52. The lowest BCUT2D eigenvalue weighted by Gasteiger charge is -2.17. The summed E-state index contributed by atoms with van der Waals surface area (Å²) < 4.78 is 0. The third-order valence-electron chi connectivity index (χ3n) is 1.62. The molecule has 0 spiro atoms. The van der Waals surface area contributed by atoms with E-state index in [9.17, 15) is 4.79 Å². The first kappa shape index (κ1) is 10.4. The molecule has 0 aromatic heterocycles. The Kier molecular flexibility index (Phi) is 3.38. The van der Waals surface area contributed by atoms with E-state index in [1.807, 2.05) is 0 Å². The van der Waals surface area contributed by atoms with Crippen LogP contribution < -0.4 is 4.90 Å². The van der Waals surface area contributed by atoms with E-state index < -0.39 is 6.09 Å². The van der Waals surface area contributed by atoms with Crippen molar-refractivity contribution in [1.29, 1.82) is 0 Å². The highest BCUT2D eigenvalue weighted by Gasteiger charge is 2.14. The molecule has 0 bridgehead atoms. The molecule has 4 heteroatoms. The van der Waals surface area contributed by atoms with E-state index in [4.69, 9.17) is 23.1 Å². The number of amides is 1. The Labute approximate surface area is 86.9 Å². The van der Waals surface area contributed by atoms with Crippen LogP contribution in [0.1, 0.15) is 0 Å². The quantitative estimate of drug-likeness (QED) is 0.761. The molecule has 0 atom stereocenters. The van der Waals surface area contributed by atoms with Gasteiger partial charge in [0, 0.05) is 0 Å². The Balaban J connectivity index is 3.06. The Hall–Kier alpha value is -1.66. The smallest absolute Gasteiger partial charge is 0.412 e. The van der Waals surface area contributed by atoms with Crippen molar-refractivity contribution in [2.24, 2.45) is 0 Å². The van der Waals surface area contributed by atoms with Crippen molar-refractivity contribution in [2.75, 3.05) is 11.4 Å².